The van der Waals surface area contributed by atoms with E-state index in [1.807, 2.05) is 13.0 Å². The van der Waals surface area contributed by atoms with Gasteiger partial charge in [-0.1, -0.05) is 41.9 Å². The molecule has 0 radical (unpaired) electrons. The number of fused-ring (bicyclic) bond motifs is 1. The highest BCUT2D eigenvalue weighted by molar-refractivity contribution is 6.31. The third-order valence-electron chi connectivity index (χ3n) is 4.72. The van der Waals surface area contributed by atoms with Crippen LogP contribution in [0.4, 0.5) is 0 Å². The number of nitrogens with zero attached hydrogens (tertiary/aromatic N) is 2. The van der Waals surface area contributed by atoms with Gasteiger partial charge in [0.05, 0.1) is 35.8 Å². The third-order valence-corrected chi connectivity index (χ3v) is 5.07. The number of ether oxygens (including phenoxy) is 1. The normalized spacial score (nSPS) is 12.0. The standard InChI is InChI=1S/C23H24ClN3O4/c1-14(2)31-21(29)11-19(16-8-4-5-10-18(16)24)26-20(28)12-27-13-25-22-15(3)7-6-9-17(22)23(27)30/h4-10,13-14,19H,11-12H2,1-3H3,(H,26,28). The number of aromatic nitrogens is 2. The van der Waals surface area contributed by atoms with Crippen molar-refractivity contribution in [2.24, 2.45) is 0 Å². The van der Waals surface area contributed by atoms with Crippen molar-refractivity contribution in [1.29, 1.82) is 0 Å². The minimum atomic E-state index is -0.696. The van der Waals surface area contributed by atoms with Crippen LogP contribution >= 0.6 is 11.6 Å². The quantitative estimate of drug-likeness (QED) is 0.566. The monoisotopic (exact) mass is 441 g/mol. The fourth-order valence-electron chi connectivity index (χ4n) is 3.32. The summed E-state index contributed by atoms with van der Waals surface area (Å²) in [5, 5.41) is 3.67. The second-order valence-corrected chi connectivity index (χ2v) is 7.94. The molecule has 0 aliphatic rings. The Labute approximate surface area is 185 Å². The zero-order chi connectivity index (χ0) is 22.5. The third kappa shape index (κ3) is 5.49. The molecule has 0 spiro atoms. The molecule has 31 heavy (non-hydrogen) atoms. The van der Waals surface area contributed by atoms with Gasteiger partial charge >= 0.3 is 5.97 Å². The van der Waals surface area contributed by atoms with Crippen LogP contribution in [0.3, 0.4) is 0 Å². The van der Waals surface area contributed by atoms with Gasteiger partial charge in [0.25, 0.3) is 5.56 Å². The van der Waals surface area contributed by atoms with Gasteiger partial charge in [-0.3, -0.25) is 19.0 Å². The van der Waals surface area contributed by atoms with Gasteiger partial charge in [0, 0.05) is 5.02 Å². The second kappa shape index (κ2) is 9.75. The zero-order valence-corrected chi connectivity index (χ0v) is 18.3. The largest absolute Gasteiger partial charge is 0.463 e. The number of hydrogen-bond acceptors (Lipinski definition) is 5. The van der Waals surface area contributed by atoms with Gasteiger partial charge < -0.3 is 10.1 Å². The summed E-state index contributed by atoms with van der Waals surface area (Å²) in [6.07, 6.45) is 0.993. The van der Waals surface area contributed by atoms with Crippen LogP contribution < -0.4 is 10.9 Å². The molecule has 0 fully saturated rings. The van der Waals surface area contributed by atoms with Crippen LogP contribution in [0.2, 0.25) is 5.02 Å². The number of hydrogen-bond donors (Lipinski definition) is 1. The van der Waals surface area contributed by atoms with Gasteiger partial charge in [-0.2, -0.15) is 0 Å². The maximum Gasteiger partial charge on any atom is 0.308 e. The molecule has 1 heterocycles. The molecule has 0 saturated carbocycles. The van der Waals surface area contributed by atoms with Crippen LogP contribution in [0.5, 0.6) is 0 Å². The predicted octanol–water partition coefficient (Wildman–Crippen LogP) is 3.56. The lowest BCUT2D eigenvalue weighted by Crippen LogP contribution is -2.36. The second-order valence-electron chi connectivity index (χ2n) is 7.53. The molecule has 1 amide bonds. The first-order valence-corrected chi connectivity index (χ1v) is 10.3. The van der Waals surface area contributed by atoms with Crippen molar-refractivity contribution < 1.29 is 14.3 Å². The highest BCUT2D eigenvalue weighted by Crippen LogP contribution is 2.25. The number of rotatable bonds is 7. The minimum absolute atomic E-state index is 0.0856. The molecule has 1 aromatic heterocycles. The first-order chi connectivity index (χ1) is 14.8. The van der Waals surface area contributed by atoms with E-state index in [9.17, 15) is 14.4 Å². The SMILES string of the molecule is Cc1cccc2c(=O)n(CC(=O)NC(CC(=O)OC(C)C)c3ccccc3Cl)cnc12. The van der Waals surface area contributed by atoms with E-state index < -0.39 is 17.9 Å². The number of carbonyl (C=O) groups excluding carboxylic acids is 2. The molecule has 1 N–H and O–H groups in total. The predicted molar refractivity (Wildman–Crippen MR) is 119 cm³/mol. The average molecular weight is 442 g/mol. The van der Waals surface area contributed by atoms with E-state index in [2.05, 4.69) is 10.3 Å². The molecule has 3 aromatic rings. The molecule has 2 aromatic carbocycles. The molecule has 7 nitrogen and oxygen atoms in total. The Morgan fingerprint density at radius 1 is 1.16 bits per heavy atom. The molecule has 0 aliphatic heterocycles. The Kier molecular flexibility index (Phi) is 7.07. The fourth-order valence-corrected chi connectivity index (χ4v) is 3.59. The van der Waals surface area contributed by atoms with E-state index in [-0.39, 0.29) is 24.6 Å². The van der Waals surface area contributed by atoms with Crippen molar-refractivity contribution in [1.82, 2.24) is 14.9 Å². The smallest absolute Gasteiger partial charge is 0.308 e. The van der Waals surface area contributed by atoms with Crippen LogP contribution in [0.15, 0.2) is 53.6 Å². The van der Waals surface area contributed by atoms with E-state index in [1.165, 1.54) is 10.9 Å². The summed E-state index contributed by atoms with van der Waals surface area (Å²) in [4.78, 5) is 42.1. The van der Waals surface area contributed by atoms with E-state index >= 15 is 0 Å². The molecule has 3 rings (SSSR count). The first kappa shape index (κ1) is 22.5. The minimum Gasteiger partial charge on any atom is -0.463 e. The highest BCUT2D eigenvalue weighted by Gasteiger charge is 2.22. The summed E-state index contributed by atoms with van der Waals surface area (Å²) in [7, 11) is 0. The summed E-state index contributed by atoms with van der Waals surface area (Å²) in [6.45, 7) is 5.13. The van der Waals surface area contributed by atoms with Gasteiger partial charge in [0.2, 0.25) is 5.91 Å². The number of esters is 1. The lowest BCUT2D eigenvalue weighted by atomic mass is 10.0. The maximum absolute atomic E-state index is 12.8. The molecular weight excluding hydrogens is 418 g/mol. The molecule has 162 valence electrons. The van der Waals surface area contributed by atoms with Crippen molar-refractivity contribution in [2.45, 2.75) is 45.9 Å². The summed E-state index contributed by atoms with van der Waals surface area (Å²) in [6, 6.07) is 11.6. The van der Waals surface area contributed by atoms with Crippen molar-refractivity contribution in [3.05, 3.63) is 75.3 Å². The number of nitrogens with one attached hydrogen (secondary N) is 1. The van der Waals surface area contributed by atoms with Gasteiger partial charge in [0.1, 0.15) is 6.54 Å². The van der Waals surface area contributed by atoms with Crippen LogP contribution in [0, 0.1) is 6.92 Å². The summed E-state index contributed by atoms with van der Waals surface area (Å²) >= 11 is 6.29. The summed E-state index contributed by atoms with van der Waals surface area (Å²) in [5.74, 6) is -0.904. The van der Waals surface area contributed by atoms with E-state index in [0.29, 0.717) is 21.5 Å². The van der Waals surface area contributed by atoms with Crippen LogP contribution in [-0.2, 0) is 20.9 Å². The summed E-state index contributed by atoms with van der Waals surface area (Å²) < 4.78 is 6.47. The van der Waals surface area contributed by atoms with E-state index in [0.717, 1.165) is 5.56 Å². The Morgan fingerprint density at radius 3 is 2.61 bits per heavy atom. The van der Waals surface area contributed by atoms with Crippen LogP contribution in [-0.4, -0.2) is 27.5 Å². The van der Waals surface area contributed by atoms with Gasteiger partial charge in [-0.25, -0.2) is 4.98 Å². The Hall–Kier alpha value is -3.19. The average Bonchev–Trinajstić information content (AvgIpc) is 2.70. The lowest BCUT2D eigenvalue weighted by molar-refractivity contribution is -0.148. The van der Waals surface area contributed by atoms with Crippen molar-refractivity contribution in [3.63, 3.8) is 0 Å². The maximum atomic E-state index is 12.8. The molecule has 1 unspecified atom stereocenters. The van der Waals surface area contributed by atoms with Gasteiger partial charge in [-0.15, -0.1) is 0 Å². The Bertz CT molecular complexity index is 1170. The number of amides is 1. The molecule has 8 heteroatoms. The number of aryl methyl sites for hydroxylation is 1. The topological polar surface area (TPSA) is 90.3 Å². The fraction of sp³-hybridized carbons (Fsp3) is 0.304. The lowest BCUT2D eigenvalue weighted by Gasteiger charge is -2.20. The van der Waals surface area contributed by atoms with E-state index in [4.69, 9.17) is 16.3 Å². The Morgan fingerprint density at radius 2 is 1.90 bits per heavy atom. The van der Waals surface area contributed by atoms with E-state index in [1.54, 1.807) is 50.2 Å². The summed E-state index contributed by atoms with van der Waals surface area (Å²) in [5.41, 5.74) is 1.78. The number of benzene rings is 2. The first-order valence-electron chi connectivity index (χ1n) is 9.94. The van der Waals surface area contributed by atoms with Crippen LogP contribution in [0.1, 0.15) is 37.4 Å². The van der Waals surface area contributed by atoms with Crippen LogP contribution in [0.25, 0.3) is 10.9 Å². The molecule has 0 bridgehead atoms. The van der Waals surface area contributed by atoms with Crippen molar-refractivity contribution in [3.8, 4) is 0 Å². The molecular formula is C23H24ClN3O4. The van der Waals surface area contributed by atoms with Crippen molar-refractivity contribution in [2.75, 3.05) is 0 Å². The van der Waals surface area contributed by atoms with Crippen molar-refractivity contribution >= 4 is 34.4 Å². The number of para-hydroxylation sites is 1. The molecule has 1 atom stereocenters. The molecule has 0 saturated heterocycles. The Balaban J connectivity index is 1.83. The number of carbonyl (C=O) groups is 2. The molecule has 0 aliphatic carbocycles. The highest BCUT2D eigenvalue weighted by atomic mass is 35.5. The van der Waals surface area contributed by atoms with Gasteiger partial charge in [0.15, 0.2) is 0 Å². The zero-order valence-electron chi connectivity index (χ0n) is 17.6. The van der Waals surface area contributed by atoms with Gasteiger partial charge in [-0.05, 0) is 44.0 Å². The number of halogens is 1.